The summed E-state index contributed by atoms with van der Waals surface area (Å²) >= 11 is 1.50. The maximum atomic E-state index is 12.4. The van der Waals surface area contributed by atoms with Crippen LogP contribution in [0.25, 0.3) is 0 Å². The summed E-state index contributed by atoms with van der Waals surface area (Å²) in [6.45, 7) is 6.92. The molecular formula is C21H27N3O4S. The summed E-state index contributed by atoms with van der Waals surface area (Å²) in [5, 5.41) is 2.58. The zero-order valence-corrected chi connectivity index (χ0v) is 17.8. The first-order chi connectivity index (χ1) is 13.7. The number of aryl methyl sites for hydroxylation is 1. The third-order valence-corrected chi connectivity index (χ3v) is 6.47. The second-order valence-electron chi connectivity index (χ2n) is 8.35. The molecular weight excluding hydrogens is 390 g/mol. The number of furan rings is 1. The van der Waals surface area contributed by atoms with E-state index in [9.17, 15) is 14.4 Å². The van der Waals surface area contributed by atoms with Crippen molar-refractivity contribution >= 4 is 29.1 Å². The van der Waals surface area contributed by atoms with Crippen LogP contribution in [-0.4, -0.2) is 24.3 Å². The number of thiophene rings is 1. The normalized spacial score (nSPS) is 16.0. The van der Waals surface area contributed by atoms with E-state index in [0.717, 1.165) is 19.3 Å². The van der Waals surface area contributed by atoms with Gasteiger partial charge in [-0.2, -0.15) is 0 Å². The Morgan fingerprint density at radius 3 is 2.69 bits per heavy atom. The Kier molecular flexibility index (Phi) is 6.42. The van der Waals surface area contributed by atoms with E-state index in [0.29, 0.717) is 10.8 Å². The van der Waals surface area contributed by atoms with E-state index in [1.807, 2.05) is 6.07 Å². The summed E-state index contributed by atoms with van der Waals surface area (Å²) in [5.41, 5.74) is 6.35. The summed E-state index contributed by atoms with van der Waals surface area (Å²) in [4.78, 5) is 37.9. The first kappa shape index (κ1) is 21.1. The first-order valence-electron chi connectivity index (χ1n) is 9.76. The molecule has 1 aliphatic carbocycles. The lowest BCUT2D eigenvalue weighted by Crippen LogP contribution is -2.42. The molecule has 0 radical (unpaired) electrons. The average Bonchev–Trinajstić information content (AvgIpc) is 3.34. The fourth-order valence-electron chi connectivity index (χ4n) is 3.41. The van der Waals surface area contributed by atoms with Gasteiger partial charge in [0.05, 0.1) is 11.1 Å². The molecule has 2 aromatic heterocycles. The molecule has 0 aromatic carbocycles. The van der Waals surface area contributed by atoms with Crippen LogP contribution in [0.2, 0.25) is 0 Å². The molecule has 2 aromatic rings. The Labute approximate surface area is 174 Å². The van der Waals surface area contributed by atoms with Gasteiger partial charge in [-0.3, -0.25) is 25.2 Å². The molecule has 0 bridgehead atoms. The van der Waals surface area contributed by atoms with Gasteiger partial charge in [0, 0.05) is 17.8 Å². The van der Waals surface area contributed by atoms with Gasteiger partial charge in [-0.1, -0.05) is 20.8 Å². The molecule has 3 amide bonds. The molecule has 0 fully saturated rings. The highest BCUT2D eigenvalue weighted by atomic mass is 32.1. The molecule has 1 unspecified atom stereocenters. The number of carbonyl (C=O) groups excluding carboxylic acids is 3. The van der Waals surface area contributed by atoms with E-state index in [2.05, 4.69) is 36.9 Å². The van der Waals surface area contributed by atoms with Crippen molar-refractivity contribution < 1.29 is 18.8 Å². The number of hydrogen-bond donors (Lipinski definition) is 3. The lowest BCUT2D eigenvalue weighted by atomic mass is 9.72. The molecule has 1 aliphatic rings. The molecule has 0 aliphatic heterocycles. The standard InChI is InChI=1S/C21H27N3O4S/c1-21(2,3)14-6-7-16-13(11-14)12-17(29-16)20(27)24-23-18(25)8-9-22-19(26)15-5-4-10-28-15/h4-5,10,12,14H,6-9,11H2,1-3H3,(H,22,26)(H,23,25)(H,24,27). The zero-order valence-electron chi connectivity index (χ0n) is 17.0. The number of fused-ring (bicyclic) bond motifs is 1. The number of nitrogens with one attached hydrogen (secondary N) is 3. The van der Waals surface area contributed by atoms with Gasteiger partial charge in [0.1, 0.15) is 0 Å². The van der Waals surface area contributed by atoms with Crippen molar-refractivity contribution in [3.05, 3.63) is 45.5 Å². The Hall–Kier alpha value is -2.61. The van der Waals surface area contributed by atoms with Gasteiger partial charge < -0.3 is 9.73 Å². The van der Waals surface area contributed by atoms with Gasteiger partial charge in [-0.25, -0.2) is 0 Å². The van der Waals surface area contributed by atoms with Gasteiger partial charge in [0.2, 0.25) is 5.91 Å². The molecule has 3 N–H and O–H groups in total. The van der Waals surface area contributed by atoms with E-state index < -0.39 is 0 Å². The summed E-state index contributed by atoms with van der Waals surface area (Å²) in [6.07, 6.45) is 4.57. The van der Waals surface area contributed by atoms with Crippen LogP contribution in [0.3, 0.4) is 0 Å². The molecule has 7 nitrogen and oxygen atoms in total. The van der Waals surface area contributed by atoms with Crippen LogP contribution >= 0.6 is 11.3 Å². The zero-order chi connectivity index (χ0) is 21.0. The molecule has 0 spiro atoms. The van der Waals surface area contributed by atoms with Crippen molar-refractivity contribution in [3.8, 4) is 0 Å². The highest BCUT2D eigenvalue weighted by Crippen LogP contribution is 2.40. The van der Waals surface area contributed by atoms with E-state index in [1.165, 1.54) is 28.0 Å². The van der Waals surface area contributed by atoms with Crippen molar-refractivity contribution in [1.82, 2.24) is 16.2 Å². The molecule has 1 atom stereocenters. The molecule has 0 saturated heterocycles. The van der Waals surface area contributed by atoms with Crippen molar-refractivity contribution in [2.24, 2.45) is 11.3 Å². The monoisotopic (exact) mass is 417 g/mol. The van der Waals surface area contributed by atoms with Crippen molar-refractivity contribution in [2.75, 3.05) is 6.54 Å². The minimum absolute atomic E-state index is 0.0426. The molecule has 8 heteroatoms. The molecule has 2 heterocycles. The summed E-state index contributed by atoms with van der Waals surface area (Å²) in [7, 11) is 0. The van der Waals surface area contributed by atoms with E-state index >= 15 is 0 Å². The quantitative estimate of drug-likeness (QED) is 0.651. The summed E-state index contributed by atoms with van der Waals surface area (Å²) in [5.74, 6) is -0.285. The van der Waals surface area contributed by atoms with Crippen molar-refractivity contribution in [2.45, 2.75) is 46.5 Å². The second kappa shape index (κ2) is 8.82. The van der Waals surface area contributed by atoms with Crippen LogP contribution in [0.1, 0.15) is 64.3 Å². The summed E-state index contributed by atoms with van der Waals surface area (Å²) in [6, 6.07) is 5.10. The smallest absolute Gasteiger partial charge is 0.286 e. The number of amides is 3. The minimum atomic E-state index is -0.385. The van der Waals surface area contributed by atoms with Crippen LogP contribution in [-0.2, 0) is 17.6 Å². The van der Waals surface area contributed by atoms with Crippen LogP contribution in [0.4, 0.5) is 0 Å². The third kappa shape index (κ3) is 5.47. The lowest BCUT2D eigenvalue weighted by molar-refractivity contribution is -0.121. The SMILES string of the molecule is CC(C)(C)C1CCc2sc(C(=O)NNC(=O)CCNC(=O)c3ccco3)cc2C1. The fourth-order valence-corrected chi connectivity index (χ4v) is 4.51. The Bertz CT molecular complexity index is 880. The van der Waals surface area contributed by atoms with Gasteiger partial charge in [-0.05, 0) is 54.4 Å². The second-order valence-corrected chi connectivity index (χ2v) is 9.49. The topological polar surface area (TPSA) is 100 Å². The van der Waals surface area contributed by atoms with E-state index in [-0.39, 0.29) is 41.9 Å². The lowest BCUT2D eigenvalue weighted by Gasteiger charge is -2.33. The van der Waals surface area contributed by atoms with E-state index in [1.54, 1.807) is 12.1 Å². The predicted molar refractivity (Wildman–Crippen MR) is 111 cm³/mol. The van der Waals surface area contributed by atoms with Crippen molar-refractivity contribution in [1.29, 1.82) is 0 Å². The number of hydrazine groups is 1. The molecule has 156 valence electrons. The Balaban J connectivity index is 1.43. The van der Waals surface area contributed by atoms with Crippen LogP contribution in [0.5, 0.6) is 0 Å². The highest BCUT2D eigenvalue weighted by Gasteiger charge is 2.30. The average molecular weight is 418 g/mol. The molecule has 29 heavy (non-hydrogen) atoms. The first-order valence-corrected chi connectivity index (χ1v) is 10.6. The van der Waals surface area contributed by atoms with Crippen molar-refractivity contribution in [3.63, 3.8) is 0 Å². The van der Waals surface area contributed by atoms with Crippen LogP contribution in [0.15, 0.2) is 28.9 Å². The Morgan fingerprint density at radius 1 is 1.21 bits per heavy atom. The maximum Gasteiger partial charge on any atom is 0.286 e. The molecule has 3 rings (SSSR count). The van der Waals surface area contributed by atoms with Crippen LogP contribution in [0, 0.1) is 11.3 Å². The fraction of sp³-hybridized carbons (Fsp3) is 0.476. The van der Waals surface area contributed by atoms with Crippen LogP contribution < -0.4 is 16.2 Å². The number of carbonyl (C=O) groups is 3. The third-order valence-electron chi connectivity index (χ3n) is 5.23. The number of rotatable bonds is 5. The number of hydrogen-bond acceptors (Lipinski definition) is 5. The highest BCUT2D eigenvalue weighted by molar-refractivity contribution is 7.14. The largest absolute Gasteiger partial charge is 0.459 e. The minimum Gasteiger partial charge on any atom is -0.459 e. The van der Waals surface area contributed by atoms with Gasteiger partial charge >= 0.3 is 0 Å². The Morgan fingerprint density at radius 2 is 2.00 bits per heavy atom. The van der Waals surface area contributed by atoms with Gasteiger partial charge in [0.15, 0.2) is 5.76 Å². The van der Waals surface area contributed by atoms with E-state index in [4.69, 9.17) is 4.42 Å². The van der Waals surface area contributed by atoms with Gasteiger partial charge in [-0.15, -0.1) is 11.3 Å². The predicted octanol–water partition coefficient (Wildman–Crippen LogP) is 3.07. The maximum absolute atomic E-state index is 12.4. The van der Waals surface area contributed by atoms with Gasteiger partial charge in [0.25, 0.3) is 11.8 Å². The molecule has 0 saturated carbocycles. The summed E-state index contributed by atoms with van der Waals surface area (Å²) < 4.78 is 4.97.